The number of ether oxygens (including phenoxy) is 7. The molecule has 62 heavy (non-hydrogen) atoms. The van der Waals surface area contributed by atoms with Gasteiger partial charge in [0, 0.05) is 32.9 Å². The molecule has 0 spiro atoms. The topological polar surface area (TPSA) is 105 Å². The van der Waals surface area contributed by atoms with Gasteiger partial charge in [0.1, 0.15) is 6.10 Å². The van der Waals surface area contributed by atoms with Crippen molar-refractivity contribution in [2.75, 3.05) is 79.1 Å². The number of hydrogen-bond donors (Lipinski definition) is 0. The normalized spacial score (nSPS) is 25.6. The molecule has 0 aliphatic carbocycles. The zero-order chi connectivity index (χ0) is 47.4. The second-order valence-corrected chi connectivity index (χ2v) is 13.5. The molecule has 5 fully saturated rings. The van der Waals surface area contributed by atoms with Gasteiger partial charge in [-0.15, -0.1) is 9.60 Å². The Labute approximate surface area is 339 Å². The van der Waals surface area contributed by atoms with E-state index >= 15 is 0 Å². The number of carbonyl (C=O) groups excluding carboxylic acids is 2. The van der Waals surface area contributed by atoms with E-state index in [0.717, 1.165) is 24.8 Å². The minimum absolute atomic E-state index is 0.117. The lowest BCUT2D eigenvalue weighted by Crippen LogP contribution is -2.65. The molecule has 11 nitrogen and oxygen atoms in total. The number of halogens is 19. The summed E-state index contributed by atoms with van der Waals surface area (Å²) in [4.78, 5) is 20.7. The van der Waals surface area contributed by atoms with Gasteiger partial charge in [-0.1, -0.05) is 0 Å². The molecule has 5 unspecified atom stereocenters. The third-order valence-corrected chi connectivity index (χ3v) is 8.90. The largest absolute Gasteiger partial charge is 0.457 e. The molecule has 0 amide bonds. The first-order valence-corrected chi connectivity index (χ1v) is 18.3. The van der Waals surface area contributed by atoms with Gasteiger partial charge in [-0.2, -0.15) is 74.6 Å². The Kier molecular flexibility index (Phi) is 20.4. The van der Waals surface area contributed by atoms with Crippen LogP contribution in [0.2, 0.25) is 0 Å². The maximum Gasteiger partial charge on any atom is 0.457 e. The lowest BCUT2D eigenvalue weighted by molar-refractivity contribution is -0.461. The third-order valence-electron chi connectivity index (χ3n) is 8.90. The predicted molar refractivity (Wildman–Crippen MR) is 166 cm³/mol. The fourth-order valence-electron chi connectivity index (χ4n) is 5.63. The lowest BCUT2D eigenvalue weighted by Gasteiger charge is -2.39. The summed E-state index contributed by atoms with van der Waals surface area (Å²) in [6.07, 6.45) is -26.1. The van der Waals surface area contributed by atoms with Crippen LogP contribution in [0, 0.1) is 0 Å². The summed E-state index contributed by atoms with van der Waals surface area (Å²) in [5.74, 6) is -19.4. The number of ketones is 2. The van der Waals surface area contributed by atoms with E-state index in [4.69, 9.17) is 14.2 Å². The Morgan fingerprint density at radius 2 is 1.00 bits per heavy atom. The Hall–Kier alpha value is -2.35. The molecule has 5 heterocycles. The van der Waals surface area contributed by atoms with Gasteiger partial charge in [0.2, 0.25) is 5.78 Å². The van der Waals surface area contributed by atoms with E-state index in [1.165, 1.54) is 25.7 Å². The SMILES string of the molecule is C1COC(CC2CCCO2)C1.FN1CCOCC1.O=C(C(F)(F)F)C(F)(OC(F)(F)C(F)(F)N1CCOCC1)C(F)(F)F.O=C(CF)C(F)(OC(F)(F)C1CCCO1)C(F)(F)F. The van der Waals surface area contributed by atoms with E-state index < -0.39 is 104 Å². The van der Waals surface area contributed by atoms with Crippen molar-refractivity contribution in [2.45, 2.75) is 112 Å². The first-order chi connectivity index (χ1) is 28.4. The highest BCUT2D eigenvalue weighted by Gasteiger charge is 2.77. The molecular weight excluding hydrogens is 917 g/mol. The highest BCUT2D eigenvalue weighted by atomic mass is 19.4. The van der Waals surface area contributed by atoms with Crippen molar-refractivity contribution < 1.29 is 126 Å². The van der Waals surface area contributed by atoms with E-state index in [9.17, 15) is 93.1 Å². The van der Waals surface area contributed by atoms with E-state index in [-0.39, 0.29) is 19.4 Å². The van der Waals surface area contributed by atoms with Gasteiger partial charge in [-0.25, -0.2) is 9.29 Å². The number of hydrogen-bond acceptors (Lipinski definition) is 11. The molecule has 0 aromatic heterocycles. The van der Waals surface area contributed by atoms with Crippen molar-refractivity contribution in [3.05, 3.63) is 0 Å². The van der Waals surface area contributed by atoms with Crippen LogP contribution in [-0.4, -0.2) is 168 Å². The number of Topliss-reactive ketones (excluding diaryl/α,β-unsaturated/α-hetero) is 2. The standard InChI is InChI=1S/C10H8F11NO3.C9H9F7O3.C9H16O2.C4H8FNO/c11-6(8(15,16)17,5(23)7(12,13)14)25-10(20,21)9(18,19)22-1-3-24-4-2-22;10-4-5(17)7(11,9(14,15)16)19-8(12,13)6-2-1-3-18-6;1-3-8(10-5-1)7-9-4-2-6-11-9;5-6-1-3-7-4-2-6/h1-4H2;6H,1-4H2;8-9H,1-7H2;1-4H2. The van der Waals surface area contributed by atoms with Crippen LogP contribution in [0.25, 0.3) is 0 Å². The molecule has 5 atom stereocenters. The van der Waals surface area contributed by atoms with Crippen LogP contribution >= 0.6 is 0 Å². The predicted octanol–water partition coefficient (Wildman–Crippen LogP) is 7.36. The van der Waals surface area contributed by atoms with Crippen LogP contribution in [-0.2, 0) is 42.7 Å². The van der Waals surface area contributed by atoms with Crippen LogP contribution < -0.4 is 0 Å². The van der Waals surface area contributed by atoms with Crippen molar-refractivity contribution in [1.29, 1.82) is 0 Å². The minimum Gasteiger partial charge on any atom is -0.379 e. The van der Waals surface area contributed by atoms with Gasteiger partial charge >= 0.3 is 54.3 Å². The van der Waals surface area contributed by atoms with Crippen molar-refractivity contribution in [1.82, 2.24) is 10.0 Å². The Bertz CT molecular complexity index is 1350. The fraction of sp³-hybridized carbons (Fsp3) is 0.938. The molecule has 5 saturated heterocycles. The summed E-state index contributed by atoms with van der Waals surface area (Å²) in [5, 5.41) is 0.767. The van der Waals surface area contributed by atoms with Crippen LogP contribution in [0.15, 0.2) is 0 Å². The van der Waals surface area contributed by atoms with Crippen molar-refractivity contribution >= 4 is 11.6 Å². The Morgan fingerprint density at radius 3 is 1.34 bits per heavy atom. The quantitative estimate of drug-likeness (QED) is 0.111. The van der Waals surface area contributed by atoms with Crippen LogP contribution in [0.1, 0.15) is 44.9 Å². The van der Waals surface area contributed by atoms with Crippen LogP contribution in [0.5, 0.6) is 0 Å². The summed E-state index contributed by atoms with van der Waals surface area (Å²) < 4.78 is 272. The highest BCUT2D eigenvalue weighted by molar-refractivity contribution is 5.91. The zero-order valence-electron chi connectivity index (χ0n) is 31.9. The molecule has 0 saturated carbocycles. The van der Waals surface area contributed by atoms with Crippen molar-refractivity contribution in [3.63, 3.8) is 0 Å². The summed E-state index contributed by atoms with van der Waals surface area (Å²) in [6, 6.07) is -5.66. The zero-order valence-corrected chi connectivity index (χ0v) is 31.9. The van der Waals surface area contributed by atoms with Gasteiger partial charge in [-0.3, -0.25) is 19.1 Å². The summed E-state index contributed by atoms with van der Waals surface area (Å²) in [6.45, 7) is -1.78. The molecule has 30 heteroatoms. The minimum atomic E-state index is -7.01. The first kappa shape index (κ1) is 55.8. The summed E-state index contributed by atoms with van der Waals surface area (Å²) in [7, 11) is 0. The monoisotopic (exact) mass is 958 g/mol. The number of alkyl halides is 18. The Morgan fingerprint density at radius 1 is 0.565 bits per heavy atom. The molecular formula is C32H41F19N2O9. The third kappa shape index (κ3) is 15.4. The maximum absolute atomic E-state index is 13.6. The molecule has 0 radical (unpaired) electrons. The molecule has 5 rings (SSSR count). The van der Waals surface area contributed by atoms with Crippen LogP contribution in [0.3, 0.4) is 0 Å². The second-order valence-electron chi connectivity index (χ2n) is 13.5. The molecule has 0 N–H and O–H groups in total. The second kappa shape index (κ2) is 22.7. The maximum atomic E-state index is 13.6. The Balaban J connectivity index is 0.000000311. The summed E-state index contributed by atoms with van der Waals surface area (Å²) in [5.41, 5.74) is 0. The van der Waals surface area contributed by atoms with Gasteiger partial charge in [0.25, 0.3) is 0 Å². The molecule has 5 aliphatic heterocycles. The fourth-order valence-corrected chi connectivity index (χ4v) is 5.63. The van der Waals surface area contributed by atoms with Crippen molar-refractivity contribution in [2.24, 2.45) is 0 Å². The molecule has 5 aliphatic rings. The molecule has 0 bridgehead atoms. The first-order valence-electron chi connectivity index (χ1n) is 18.3. The number of morpholine rings is 2. The van der Waals surface area contributed by atoms with E-state index in [1.54, 1.807) is 0 Å². The van der Waals surface area contributed by atoms with Gasteiger partial charge in [-0.05, 0) is 44.9 Å². The lowest BCUT2D eigenvalue weighted by atomic mass is 10.1. The molecule has 366 valence electrons. The highest BCUT2D eigenvalue weighted by Crippen LogP contribution is 2.48. The van der Waals surface area contributed by atoms with E-state index in [2.05, 4.69) is 18.9 Å². The average molecular weight is 959 g/mol. The van der Waals surface area contributed by atoms with Gasteiger partial charge in [0.15, 0.2) is 6.67 Å². The number of rotatable bonds is 12. The van der Waals surface area contributed by atoms with Gasteiger partial charge in [0.05, 0.1) is 51.7 Å². The molecule has 0 aromatic carbocycles. The summed E-state index contributed by atoms with van der Waals surface area (Å²) >= 11 is 0. The van der Waals surface area contributed by atoms with Crippen molar-refractivity contribution in [3.8, 4) is 0 Å². The van der Waals surface area contributed by atoms with E-state index in [1.807, 2.05) is 0 Å². The number of nitrogens with zero attached hydrogens (tertiary/aromatic N) is 2. The average Bonchev–Trinajstić information content (AvgIpc) is 4.00. The number of carbonyl (C=O) groups is 2. The van der Waals surface area contributed by atoms with Crippen LogP contribution in [0.4, 0.5) is 83.5 Å². The van der Waals surface area contributed by atoms with E-state index in [0.29, 0.717) is 38.5 Å². The van der Waals surface area contributed by atoms with Gasteiger partial charge < -0.3 is 23.7 Å². The smallest absolute Gasteiger partial charge is 0.379 e. The molecule has 0 aromatic rings.